The number of allylic oxidation sites excluding steroid dienone is 4. The summed E-state index contributed by atoms with van der Waals surface area (Å²) in [5.41, 5.74) is 0. The van der Waals surface area contributed by atoms with Crippen LogP contribution in [-0.4, -0.2) is 18.0 Å². The second-order valence-corrected chi connectivity index (χ2v) is 2.29. The number of nitrogens with zero attached hydrogens (tertiary/aromatic N) is 3. The predicted octanol–water partition coefficient (Wildman–Crippen LogP) is 1.59. The normalized spacial score (nSPS) is 10.2. The van der Waals surface area contributed by atoms with Crippen LogP contribution in [0.1, 0.15) is 0 Å². The standard InChI is InChI=1S/C10H11N3/c1-3-4-5-6-7-13(2)10(8-11)9-12/h3-7,10H,1H2,2H3/b5-4+,7-6+. The van der Waals surface area contributed by atoms with Gasteiger partial charge in [-0.05, 0) is 6.08 Å². The van der Waals surface area contributed by atoms with E-state index in [1.165, 1.54) is 4.90 Å². The molecule has 13 heavy (non-hydrogen) atoms. The Hall–Kier alpha value is -2.00. The van der Waals surface area contributed by atoms with E-state index in [9.17, 15) is 0 Å². The molecular weight excluding hydrogens is 162 g/mol. The molecule has 0 heterocycles. The molecule has 0 radical (unpaired) electrons. The van der Waals surface area contributed by atoms with Crippen LogP contribution in [0.2, 0.25) is 0 Å². The first-order valence-corrected chi connectivity index (χ1v) is 3.73. The smallest absolute Gasteiger partial charge is 0.204 e. The van der Waals surface area contributed by atoms with Crippen LogP contribution in [0.15, 0.2) is 37.1 Å². The lowest BCUT2D eigenvalue weighted by Gasteiger charge is -2.12. The van der Waals surface area contributed by atoms with Crippen molar-refractivity contribution in [3.8, 4) is 12.1 Å². The maximum absolute atomic E-state index is 8.52. The first-order chi connectivity index (χ1) is 6.26. The van der Waals surface area contributed by atoms with Crippen molar-refractivity contribution in [1.29, 1.82) is 10.5 Å². The van der Waals surface area contributed by atoms with E-state index in [0.29, 0.717) is 0 Å². The molecule has 0 spiro atoms. The van der Waals surface area contributed by atoms with Gasteiger partial charge in [-0.3, -0.25) is 0 Å². The lowest BCUT2D eigenvalue weighted by atomic mass is 10.3. The van der Waals surface area contributed by atoms with Crippen LogP contribution in [0.3, 0.4) is 0 Å². The highest BCUT2D eigenvalue weighted by Crippen LogP contribution is 1.94. The fourth-order valence-corrected chi connectivity index (χ4v) is 0.625. The van der Waals surface area contributed by atoms with Crippen LogP contribution in [0, 0.1) is 22.7 Å². The molecule has 0 bridgehead atoms. The zero-order valence-corrected chi connectivity index (χ0v) is 7.51. The van der Waals surface area contributed by atoms with Gasteiger partial charge in [0.1, 0.15) is 12.1 Å². The van der Waals surface area contributed by atoms with E-state index in [4.69, 9.17) is 10.5 Å². The molecule has 0 fully saturated rings. The Morgan fingerprint density at radius 2 is 1.85 bits per heavy atom. The van der Waals surface area contributed by atoms with E-state index in [1.807, 2.05) is 12.1 Å². The van der Waals surface area contributed by atoms with Crippen molar-refractivity contribution in [2.75, 3.05) is 7.05 Å². The van der Waals surface area contributed by atoms with Gasteiger partial charge in [0.05, 0.1) is 0 Å². The van der Waals surface area contributed by atoms with Gasteiger partial charge in [0.2, 0.25) is 6.04 Å². The lowest BCUT2D eigenvalue weighted by molar-refractivity contribution is 0.452. The Labute approximate surface area is 78.5 Å². The van der Waals surface area contributed by atoms with Gasteiger partial charge in [0.25, 0.3) is 0 Å². The van der Waals surface area contributed by atoms with E-state index in [1.54, 1.807) is 37.6 Å². The molecule has 0 aliphatic carbocycles. The van der Waals surface area contributed by atoms with Crippen molar-refractivity contribution in [1.82, 2.24) is 4.90 Å². The molecule has 0 saturated heterocycles. The van der Waals surface area contributed by atoms with E-state index in [-0.39, 0.29) is 0 Å². The average molecular weight is 173 g/mol. The molecule has 0 aliphatic heterocycles. The molecule has 0 aromatic heterocycles. The van der Waals surface area contributed by atoms with Crippen LogP contribution in [-0.2, 0) is 0 Å². The third kappa shape index (κ3) is 4.44. The van der Waals surface area contributed by atoms with Crippen molar-refractivity contribution >= 4 is 0 Å². The van der Waals surface area contributed by atoms with E-state index in [0.717, 1.165) is 0 Å². The number of hydrogen-bond donors (Lipinski definition) is 0. The van der Waals surface area contributed by atoms with Crippen molar-refractivity contribution < 1.29 is 0 Å². The summed E-state index contributed by atoms with van der Waals surface area (Å²) < 4.78 is 0. The minimum atomic E-state index is -0.728. The van der Waals surface area contributed by atoms with Crippen LogP contribution in [0.25, 0.3) is 0 Å². The highest BCUT2D eigenvalue weighted by Gasteiger charge is 2.06. The Balaban J connectivity index is 4.15. The zero-order chi connectivity index (χ0) is 10.1. The Kier molecular flexibility index (Phi) is 5.66. The summed E-state index contributed by atoms with van der Waals surface area (Å²) in [7, 11) is 1.68. The van der Waals surface area contributed by atoms with Crippen LogP contribution in [0.4, 0.5) is 0 Å². The predicted molar refractivity (Wildman–Crippen MR) is 51.3 cm³/mol. The summed E-state index contributed by atoms with van der Waals surface area (Å²) in [5, 5.41) is 17.0. The zero-order valence-electron chi connectivity index (χ0n) is 7.51. The third-order valence-corrected chi connectivity index (χ3v) is 1.33. The highest BCUT2D eigenvalue weighted by atomic mass is 15.1. The number of hydrogen-bond acceptors (Lipinski definition) is 3. The number of rotatable bonds is 4. The van der Waals surface area contributed by atoms with Crippen LogP contribution < -0.4 is 0 Å². The second kappa shape index (κ2) is 6.69. The third-order valence-electron chi connectivity index (χ3n) is 1.33. The van der Waals surface area contributed by atoms with Crippen LogP contribution >= 0.6 is 0 Å². The summed E-state index contributed by atoms with van der Waals surface area (Å²) in [4.78, 5) is 1.54. The van der Waals surface area contributed by atoms with E-state index >= 15 is 0 Å². The van der Waals surface area contributed by atoms with Gasteiger partial charge < -0.3 is 4.90 Å². The second-order valence-electron chi connectivity index (χ2n) is 2.29. The molecule has 3 heteroatoms. The molecule has 0 amide bonds. The molecule has 0 aromatic rings. The Morgan fingerprint density at radius 1 is 1.23 bits per heavy atom. The monoisotopic (exact) mass is 173 g/mol. The fourth-order valence-electron chi connectivity index (χ4n) is 0.625. The van der Waals surface area contributed by atoms with Gasteiger partial charge in [-0.1, -0.05) is 24.8 Å². The lowest BCUT2D eigenvalue weighted by Crippen LogP contribution is -2.23. The Bertz CT molecular complexity index is 274. The molecule has 0 unspecified atom stereocenters. The summed E-state index contributed by atoms with van der Waals surface area (Å²) in [6.07, 6.45) is 8.59. The topological polar surface area (TPSA) is 50.8 Å². The molecule has 0 aromatic carbocycles. The van der Waals surface area contributed by atoms with E-state index < -0.39 is 6.04 Å². The molecule has 0 N–H and O–H groups in total. The van der Waals surface area contributed by atoms with Crippen molar-refractivity contribution in [3.05, 3.63) is 37.1 Å². The molecule has 0 atom stereocenters. The largest absolute Gasteiger partial charge is 0.354 e. The van der Waals surface area contributed by atoms with E-state index in [2.05, 4.69) is 6.58 Å². The fraction of sp³-hybridized carbons (Fsp3) is 0.200. The summed E-state index contributed by atoms with van der Waals surface area (Å²) in [6, 6.07) is 3.00. The molecule has 0 aliphatic rings. The van der Waals surface area contributed by atoms with Gasteiger partial charge >= 0.3 is 0 Å². The summed E-state index contributed by atoms with van der Waals surface area (Å²) in [5.74, 6) is 0. The first-order valence-electron chi connectivity index (χ1n) is 3.73. The minimum absolute atomic E-state index is 0.728. The molecular formula is C10H11N3. The van der Waals surface area contributed by atoms with Crippen molar-refractivity contribution in [2.45, 2.75) is 6.04 Å². The van der Waals surface area contributed by atoms with Gasteiger partial charge in [0, 0.05) is 13.2 Å². The molecule has 0 rings (SSSR count). The minimum Gasteiger partial charge on any atom is -0.354 e. The van der Waals surface area contributed by atoms with Gasteiger partial charge in [0.15, 0.2) is 0 Å². The van der Waals surface area contributed by atoms with Gasteiger partial charge in [-0.15, -0.1) is 0 Å². The average Bonchev–Trinajstić information content (AvgIpc) is 2.14. The maximum Gasteiger partial charge on any atom is 0.204 e. The van der Waals surface area contributed by atoms with Crippen molar-refractivity contribution in [3.63, 3.8) is 0 Å². The molecule has 66 valence electrons. The summed E-state index contributed by atoms with van der Waals surface area (Å²) in [6.45, 7) is 3.51. The van der Waals surface area contributed by atoms with Crippen LogP contribution in [0.5, 0.6) is 0 Å². The molecule has 3 nitrogen and oxygen atoms in total. The molecule has 0 saturated carbocycles. The maximum atomic E-state index is 8.52. The van der Waals surface area contributed by atoms with Gasteiger partial charge in [-0.2, -0.15) is 10.5 Å². The van der Waals surface area contributed by atoms with Gasteiger partial charge in [-0.25, -0.2) is 0 Å². The SMILES string of the molecule is C=C/C=C/C=C/N(C)C(C#N)C#N. The van der Waals surface area contributed by atoms with Crippen molar-refractivity contribution in [2.24, 2.45) is 0 Å². The first kappa shape index (κ1) is 11.0. The summed E-state index contributed by atoms with van der Waals surface area (Å²) >= 11 is 0. The number of nitriles is 2. The highest BCUT2D eigenvalue weighted by molar-refractivity contribution is 5.13. The Morgan fingerprint density at radius 3 is 2.31 bits per heavy atom. The quantitative estimate of drug-likeness (QED) is 0.606.